The van der Waals surface area contributed by atoms with E-state index < -0.39 is 5.92 Å². The maximum Gasteiger partial charge on any atom is 0.235 e. The number of nitrogens with zero attached hydrogens (tertiary/aromatic N) is 2. The second kappa shape index (κ2) is 6.34. The fraction of sp³-hybridized carbons (Fsp3) is 0.545. The minimum Gasteiger partial charge on any atom is -0.481 e. The van der Waals surface area contributed by atoms with E-state index in [4.69, 9.17) is 22.7 Å². The molecule has 1 aromatic heterocycles. The number of carbonyl (C=O) groups is 1. The van der Waals surface area contributed by atoms with Crippen molar-refractivity contribution in [2.45, 2.75) is 19.8 Å². The van der Waals surface area contributed by atoms with Gasteiger partial charge >= 0.3 is 0 Å². The number of ether oxygens (including phenoxy) is 1. The number of thiocarbonyl (C=S) groups is 1. The molecule has 0 saturated heterocycles. The van der Waals surface area contributed by atoms with Gasteiger partial charge in [-0.25, -0.2) is 4.68 Å². The maximum absolute atomic E-state index is 12.0. The van der Waals surface area contributed by atoms with Crippen LogP contribution in [0.3, 0.4) is 0 Å². The second-order valence-electron chi connectivity index (χ2n) is 3.93. The number of methoxy groups -OCH3 is 1. The number of carbonyl (C=O) groups excluding carboxylic acids is 1. The summed E-state index contributed by atoms with van der Waals surface area (Å²) in [5.74, 6) is 0.299. The second-order valence-corrected chi connectivity index (χ2v) is 4.40. The van der Waals surface area contributed by atoms with Gasteiger partial charge in [0.2, 0.25) is 11.8 Å². The SMILES string of the molecule is CCCC(C(=O)Nc1cc(OC)n(C)n1)C(N)=S. The van der Waals surface area contributed by atoms with E-state index in [9.17, 15) is 4.79 Å². The van der Waals surface area contributed by atoms with E-state index in [1.807, 2.05) is 6.92 Å². The first kappa shape index (κ1) is 14.4. The summed E-state index contributed by atoms with van der Waals surface area (Å²) in [5.41, 5.74) is 5.56. The van der Waals surface area contributed by atoms with Gasteiger partial charge in [0.15, 0.2) is 5.82 Å². The molecule has 3 N–H and O–H groups in total. The number of aryl methyl sites for hydroxylation is 1. The minimum atomic E-state index is -0.460. The molecule has 1 amide bonds. The molecule has 0 fully saturated rings. The normalized spacial score (nSPS) is 11.9. The van der Waals surface area contributed by atoms with Crippen LogP contribution < -0.4 is 15.8 Å². The van der Waals surface area contributed by atoms with Gasteiger partial charge < -0.3 is 15.8 Å². The first-order chi connectivity index (χ1) is 8.49. The topological polar surface area (TPSA) is 82.2 Å². The molecular formula is C11H18N4O2S. The Morgan fingerprint density at radius 1 is 1.72 bits per heavy atom. The average molecular weight is 270 g/mol. The molecule has 0 aliphatic carbocycles. The van der Waals surface area contributed by atoms with E-state index in [1.165, 1.54) is 11.8 Å². The third-order valence-electron chi connectivity index (χ3n) is 2.53. The number of nitrogens with one attached hydrogen (secondary N) is 1. The molecular weight excluding hydrogens is 252 g/mol. The summed E-state index contributed by atoms with van der Waals surface area (Å²) in [4.78, 5) is 12.2. The highest BCUT2D eigenvalue weighted by Gasteiger charge is 2.21. The molecule has 100 valence electrons. The Kier molecular flexibility index (Phi) is 5.08. The van der Waals surface area contributed by atoms with Crippen molar-refractivity contribution >= 4 is 28.9 Å². The van der Waals surface area contributed by atoms with E-state index in [0.29, 0.717) is 18.1 Å². The van der Waals surface area contributed by atoms with Crippen molar-refractivity contribution in [3.63, 3.8) is 0 Å². The lowest BCUT2D eigenvalue weighted by molar-refractivity contribution is -0.118. The van der Waals surface area contributed by atoms with Crippen molar-refractivity contribution in [1.29, 1.82) is 0 Å². The van der Waals surface area contributed by atoms with Gasteiger partial charge in [-0.15, -0.1) is 0 Å². The van der Waals surface area contributed by atoms with E-state index in [0.717, 1.165) is 6.42 Å². The standard InChI is InChI=1S/C11H18N4O2S/c1-4-5-7(10(12)18)11(16)13-8-6-9(17-3)15(2)14-8/h6-7H,4-5H2,1-3H3,(H2,12,18)(H,13,14,16). The molecule has 0 aliphatic rings. The molecule has 0 bridgehead atoms. The van der Waals surface area contributed by atoms with Gasteiger partial charge in [-0.2, -0.15) is 5.10 Å². The highest BCUT2D eigenvalue weighted by molar-refractivity contribution is 7.80. The fourth-order valence-corrected chi connectivity index (χ4v) is 1.83. The summed E-state index contributed by atoms with van der Waals surface area (Å²) >= 11 is 4.90. The monoisotopic (exact) mass is 270 g/mol. The van der Waals surface area contributed by atoms with Crippen molar-refractivity contribution in [3.8, 4) is 5.88 Å². The number of amides is 1. The van der Waals surface area contributed by atoms with E-state index >= 15 is 0 Å². The fourth-order valence-electron chi connectivity index (χ4n) is 1.61. The van der Waals surface area contributed by atoms with Crippen LogP contribution in [-0.2, 0) is 11.8 Å². The molecule has 0 spiro atoms. The van der Waals surface area contributed by atoms with Gasteiger partial charge in [-0.3, -0.25) is 4.79 Å². The molecule has 18 heavy (non-hydrogen) atoms. The summed E-state index contributed by atoms with van der Waals surface area (Å²) in [7, 11) is 3.27. The van der Waals surface area contributed by atoms with Crippen LogP contribution in [0.5, 0.6) is 5.88 Å². The zero-order valence-electron chi connectivity index (χ0n) is 10.8. The van der Waals surface area contributed by atoms with Crippen molar-refractivity contribution < 1.29 is 9.53 Å². The van der Waals surface area contributed by atoms with Crippen molar-refractivity contribution in [2.75, 3.05) is 12.4 Å². The number of rotatable bonds is 6. The lowest BCUT2D eigenvalue weighted by atomic mass is 10.0. The summed E-state index contributed by atoms with van der Waals surface area (Å²) in [6.07, 6.45) is 1.46. The van der Waals surface area contributed by atoms with Crippen LogP contribution >= 0.6 is 12.2 Å². The Balaban J connectivity index is 2.75. The Morgan fingerprint density at radius 3 is 2.83 bits per heavy atom. The van der Waals surface area contributed by atoms with Crippen LogP contribution in [-0.4, -0.2) is 27.8 Å². The Hall–Kier alpha value is -1.63. The first-order valence-electron chi connectivity index (χ1n) is 5.67. The van der Waals surface area contributed by atoms with Gasteiger partial charge in [0.25, 0.3) is 0 Å². The zero-order valence-corrected chi connectivity index (χ0v) is 11.6. The molecule has 0 radical (unpaired) electrons. The molecule has 1 heterocycles. The van der Waals surface area contributed by atoms with Gasteiger partial charge in [0.05, 0.1) is 18.0 Å². The third kappa shape index (κ3) is 3.43. The Labute approximate surface area is 111 Å². The molecule has 6 nitrogen and oxygen atoms in total. The highest BCUT2D eigenvalue weighted by atomic mass is 32.1. The number of hydrogen-bond acceptors (Lipinski definition) is 4. The molecule has 0 saturated carbocycles. The third-order valence-corrected chi connectivity index (χ3v) is 2.82. The largest absolute Gasteiger partial charge is 0.481 e. The Morgan fingerprint density at radius 2 is 2.39 bits per heavy atom. The van der Waals surface area contributed by atoms with Crippen molar-refractivity contribution in [1.82, 2.24) is 9.78 Å². The number of nitrogens with two attached hydrogens (primary N) is 1. The number of hydrogen-bond donors (Lipinski definition) is 2. The quantitative estimate of drug-likeness (QED) is 0.756. The predicted molar refractivity (Wildman–Crippen MR) is 73.6 cm³/mol. The lowest BCUT2D eigenvalue weighted by Crippen LogP contribution is -2.33. The van der Waals surface area contributed by atoms with Crippen LogP contribution in [0.1, 0.15) is 19.8 Å². The van der Waals surface area contributed by atoms with E-state index in [2.05, 4.69) is 10.4 Å². The summed E-state index contributed by atoms with van der Waals surface area (Å²) < 4.78 is 6.59. The molecule has 1 atom stereocenters. The average Bonchev–Trinajstić information content (AvgIpc) is 2.65. The predicted octanol–water partition coefficient (Wildman–Crippen LogP) is 1.07. The van der Waals surface area contributed by atoms with Gasteiger partial charge in [-0.1, -0.05) is 25.6 Å². The van der Waals surface area contributed by atoms with Gasteiger partial charge in [-0.05, 0) is 6.42 Å². The molecule has 0 aromatic carbocycles. The Bertz CT molecular complexity index is 444. The van der Waals surface area contributed by atoms with Crippen LogP contribution in [0.25, 0.3) is 0 Å². The van der Waals surface area contributed by atoms with Crippen molar-refractivity contribution in [2.24, 2.45) is 18.7 Å². The van der Waals surface area contributed by atoms with Crippen LogP contribution in [0, 0.1) is 5.92 Å². The van der Waals surface area contributed by atoms with Gasteiger partial charge in [0, 0.05) is 13.1 Å². The lowest BCUT2D eigenvalue weighted by Gasteiger charge is -2.12. The van der Waals surface area contributed by atoms with Crippen LogP contribution in [0.2, 0.25) is 0 Å². The minimum absolute atomic E-state index is 0.206. The smallest absolute Gasteiger partial charge is 0.235 e. The molecule has 0 aliphatic heterocycles. The molecule has 7 heteroatoms. The molecule has 1 unspecified atom stereocenters. The summed E-state index contributed by atoms with van der Waals surface area (Å²) in [5, 5.41) is 6.78. The van der Waals surface area contributed by atoms with Crippen molar-refractivity contribution in [3.05, 3.63) is 6.07 Å². The molecule has 1 rings (SSSR count). The zero-order chi connectivity index (χ0) is 13.7. The van der Waals surface area contributed by atoms with E-state index in [-0.39, 0.29) is 10.9 Å². The van der Waals surface area contributed by atoms with E-state index in [1.54, 1.807) is 13.1 Å². The van der Waals surface area contributed by atoms with Gasteiger partial charge in [0.1, 0.15) is 0 Å². The van der Waals surface area contributed by atoms with Crippen LogP contribution in [0.15, 0.2) is 6.07 Å². The van der Waals surface area contributed by atoms with Crippen LogP contribution in [0.4, 0.5) is 5.82 Å². The number of anilines is 1. The maximum atomic E-state index is 12.0. The molecule has 1 aromatic rings. The summed E-state index contributed by atoms with van der Waals surface area (Å²) in [6, 6.07) is 1.64. The summed E-state index contributed by atoms with van der Waals surface area (Å²) in [6.45, 7) is 1.97. The first-order valence-corrected chi connectivity index (χ1v) is 6.08. The number of aromatic nitrogens is 2. The highest BCUT2D eigenvalue weighted by Crippen LogP contribution is 2.17.